The molecular weight excluding hydrogens is 995 g/mol. The molecule has 6 N–H and O–H groups in total. The largest absolute Gasteiger partial charge is 0.394 e. The second-order valence-corrected chi connectivity index (χ2v) is 22.5. The molecule has 1 heterocycles. The minimum Gasteiger partial charge on any atom is -0.394 e. The van der Waals surface area contributed by atoms with Gasteiger partial charge >= 0.3 is 0 Å². The van der Waals surface area contributed by atoms with Gasteiger partial charge in [-0.25, -0.2) is 0 Å². The molecule has 9 heteroatoms. The Balaban J connectivity index is 2.17. The molecule has 0 bridgehead atoms. The molecule has 1 fully saturated rings. The SMILES string of the molecule is CC/C=C\C/C=C\C/C=C\C/C=C\C/C=C\C/C=C\CCCCCCCCCCCCCCCCCCC(=O)NC(COC1OC(CO)C(O)C(O)C1O)C(O)/C=C/CC/C=C/CC/C=C/CCCCCCCCCCCCCC. The summed E-state index contributed by atoms with van der Waals surface area (Å²) in [5.74, 6) is -0.192. The zero-order valence-corrected chi connectivity index (χ0v) is 51.3. The highest BCUT2D eigenvalue weighted by Crippen LogP contribution is 2.23. The molecule has 0 radical (unpaired) electrons. The summed E-state index contributed by atoms with van der Waals surface area (Å²) in [5, 5.41) is 54.6. The average Bonchev–Trinajstić information content (AvgIpc) is 3.46. The second-order valence-electron chi connectivity index (χ2n) is 22.5. The van der Waals surface area contributed by atoms with E-state index in [0.29, 0.717) is 6.42 Å². The van der Waals surface area contributed by atoms with Crippen LogP contribution >= 0.6 is 0 Å². The first kappa shape index (κ1) is 74.9. The van der Waals surface area contributed by atoms with Crippen molar-refractivity contribution in [2.75, 3.05) is 13.2 Å². The Bertz CT molecular complexity index is 1630. The molecule has 0 aliphatic carbocycles. The Morgan fingerprint density at radius 2 is 0.787 bits per heavy atom. The maximum Gasteiger partial charge on any atom is 0.220 e. The van der Waals surface area contributed by atoms with Crippen molar-refractivity contribution in [3.8, 4) is 0 Å². The van der Waals surface area contributed by atoms with Crippen LogP contribution in [0.3, 0.4) is 0 Å². The van der Waals surface area contributed by atoms with Gasteiger partial charge in [-0.2, -0.15) is 0 Å². The highest BCUT2D eigenvalue weighted by molar-refractivity contribution is 5.76. The number of nitrogens with one attached hydrogen (secondary N) is 1. The van der Waals surface area contributed by atoms with E-state index in [-0.39, 0.29) is 12.5 Å². The van der Waals surface area contributed by atoms with Crippen molar-refractivity contribution < 1.29 is 39.8 Å². The van der Waals surface area contributed by atoms with Crippen molar-refractivity contribution in [2.24, 2.45) is 0 Å². The van der Waals surface area contributed by atoms with Gasteiger partial charge in [0, 0.05) is 6.42 Å². The lowest BCUT2D eigenvalue weighted by Gasteiger charge is -2.40. The predicted octanol–water partition coefficient (Wildman–Crippen LogP) is 17.7. The van der Waals surface area contributed by atoms with Crippen LogP contribution in [-0.4, -0.2) is 87.5 Å². The van der Waals surface area contributed by atoms with Crippen LogP contribution in [0, 0.1) is 0 Å². The number of aliphatic hydroxyl groups excluding tert-OH is 5. The summed E-state index contributed by atoms with van der Waals surface area (Å²) in [4.78, 5) is 13.1. The van der Waals surface area contributed by atoms with E-state index in [0.717, 1.165) is 83.5 Å². The molecule has 1 saturated heterocycles. The Morgan fingerprint density at radius 1 is 0.438 bits per heavy atom. The minimum absolute atomic E-state index is 0.192. The van der Waals surface area contributed by atoms with Crippen molar-refractivity contribution >= 4 is 5.91 Å². The number of amides is 1. The van der Waals surface area contributed by atoms with E-state index in [4.69, 9.17) is 9.47 Å². The van der Waals surface area contributed by atoms with Gasteiger partial charge in [0.1, 0.15) is 24.4 Å². The predicted molar refractivity (Wildman–Crippen MR) is 341 cm³/mol. The number of allylic oxidation sites excluding steroid dienone is 17. The number of unbranched alkanes of at least 4 members (excludes halogenated alkanes) is 30. The first-order chi connectivity index (χ1) is 39.3. The molecule has 9 nitrogen and oxygen atoms in total. The van der Waals surface area contributed by atoms with Gasteiger partial charge in [0.2, 0.25) is 5.91 Å². The van der Waals surface area contributed by atoms with E-state index in [1.165, 1.54) is 173 Å². The van der Waals surface area contributed by atoms with Crippen molar-refractivity contribution in [1.29, 1.82) is 0 Å². The molecule has 0 saturated carbocycles. The van der Waals surface area contributed by atoms with Crippen LogP contribution in [0.5, 0.6) is 0 Å². The van der Waals surface area contributed by atoms with Crippen molar-refractivity contribution in [3.63, 3.8) is 0 Å². The fourth-order valence-corrected chi connectivity index (χ4v) is 9.90. The van der Waals surface area contributed by atoms with Crippen LogP contribution < -0.4 is 5.32 Å². The Labute approximate surface area is 491 Å². The summed E-state index contributed by atoms with van der Waals surface area (Å²) in [6.45, 7) is 3.66. The first-order valence-electron chi connectivity index (χ1n) is 33.1. The van der Waals surface area contributed by atoms with Gasteiger partial charge in [-0.15, -0.1) is 0 Å². The summed E-state index contributed by atoms with van der Waals surface area (Å²) in [6.07, 6.45) is 80.3. The van der Waals surface area contributed by atoms with E-state index in [1.807, 2.05) is 6.08 Å². The number of rotatable bonds is 56. The third-order valence-electron chi connectivity index (χ3n) is 15.1. The average molecular weight is 1120 g/mol. The minimum atomic E-state index is -1.58. The molecule has 80 heavy (non-hydrogen) atoms. The van der Waals surface area contributed by atoms with Crippen LogP contribution in [-0.2, 0) is 14.3 Å². The van der Waals surface area contributed by atoms with E-state index >= 15 is 0 Å². The molecule has 0 aromatic heterocycles. The highest BCUT2D eigenvalue weighted by atomic mass is 16.7. The first-order valence-corrected chi connectivity index (χ1v) is 33.1. The van der Waals surface area contributed by atoms with Crippen LogP contribution in [0.1, 0.15) is 277 Å². The Morgan fingerprint density at radius 3 is 1.20 bits per heavy atom. The van der Waals surface area contributed by atoms with E-state index < -0.39 is 49.5 Å². The normalized spacial score (nSPS) is 19.2. The zero-order valence-electron chi connectivity index (χ0n) is 51.3. The molecule has 7 unspecified atom stereocenters. The van der Waals surface area contributed by atoms with Gasteiger partial charge in [0.25, 0.3) is 0 Å². The topological polar surface area (TPSA) is 149 Å². The van der Waals surface area contributed by atoms with Gasteiger partial charge in [-0.05, 0) is 96.3 Å². The van der Waals surface area contributed by atoms with Crippen LogP contribution in [0.2, 0.25) is 0 Å². The van der Waals surface area contributed by atoms with Gasteiger partial charge in [0.05, 0.1) is 25.4 Å². The summed E-state index contributed by atoms with van der Waals surface area (Å²) in [6, 6.07) is -0.835. The molecule has 0 spiro atoms. The molecule has 1 rings (SSSR count). The van der Waals surface area contributed by atoms with Gasteiger partial charge < -0.3 is 40.3 Å². The van der Waals surface area contributed by atoms with Crippen LogP contribution in [0.15, 0.2) is 109 Å². The number of hydrogen-bond acceptors (Lipinski definition) is 8. The van der Waals surface area contributed by atoms with Gasteiger partial charge in [0.15, 0.2) is 6.29 Å². The maximum atomic E-state index is 13.1. The summed E-state index contributed by atoms with van der Waals surface area (Å²) in [7, 11) is 0. The lowest BCUT2D eigenvalue weighted by molar-refractivity contribution is -0.302. The highest BCUT2D eigenvalue weighted by Gasteiger charge is 2.44. The van der Waals surface area contributed by atoms with E-state index in [1.54, 1.807) is 6.08 Å². The summed E-state index contributed by atoms with van der Waals surface area (Å²) < 4.78 is 11.3. The van der Waals surface area contributed by atoms with Crippen LogP contribution in [0.25, 0.3) is 0 Å². The molecule has 1 aliphatic heterocycles. The summed E-state index contributed by atoms with van der Waals surface area (Å²) >= 11 is 0. The smallest absolute Gasteiger partial charge is 0.220 e. The number of hydrogen-bond donors (Lipinski definition) is 6. The van der Waals surface area contributed by atoms with Crippen molar-refractivity contribution in [2.45, 2.75) is 320 Å². The number of carbonyl (C=O) groups excluding carboxylic acids is 1. The lowest BCUT2D eigenvalue weighted by atomic mass is 9.99. The standard InChI is InChI=1S/C71H123NO8/c1-3-5-7-9-11-13-15-17-19-21-23-25-27-28-29-30-31-32-33-34-35-36-37-38-39-41-43-45-47-49-51-53-55-57-59-61-67(75)72-64(63-79-71-70(78)69(77)68(76)66(62-73)80-71)65(74)60-58-56-54-52-50-48-46-44-42-40-26-24-22-20-18-16-14-12-10-8-6-4-2/h5,7,11,13,17,19,23,25,28-29,31-32,42,44,50,52,58,60,64-66,68-71,73-74,76-78H,3-4,6,8-10,12,14-16,18,20-22,24,26-27,30,33-41,43,45-49,51,53-57,59,61-63H2,1-2H3,(H,72,75)/b7-5-,13-11-,19-17-,25-23-,29-28-,32-31-,44-42+,52-50+,60-58+. The molecule has 0 aromatic rings. The molecule has 1 amide bonds. The zero-order chi connectivity index (χ0) is 57.9. The fraction of sp³-hybridized carbons (Fsp3) is 0.732. The second kappa shape index (κ2) is 59.0. The third kappa shape index (κ3) is 47.4. The monoisotopic (exact) mass is 1120 g/mol. The quantitative estimate of drug-likeness (QED) is 0.0261. The number of aliphatic hydroxyl groups is 5. The molecular formula is C71H123NO8. The maximum absolute atomic E-state index is 13.1. The van der Waals surface area contributed by atoms with E-state index in [2.05, 4.69) is 116 Å². The van der Waals surface area contributed by atoms with Gasteiger partial charge in [-0.3, -0.25) is 4.79 Å². The lowest BCUT2D eigenvalue weighted by Crippen LogP contribution is -2.60. The number of ether oxygens (including phenoxy) is 2. The van der Waals surface area contributed by atoms with Crippen molar-refractivity contribution in [1.82, 2.24) is 5.32 Å². The van der Waals surface area contributed by atoms with E-state index in [9.17, 15) is 30.3 Å². The summed E-state index contributed by atoms with van der Waals surface area (Å²) in [5.41, 5.74) is 0. The third-order valence-corrected chi connectivity index (χ3v) is 15.1. The van der Waals surface area contributed by atoms with Crippen molar-refractivity contribution in [3.05, 3.63) is 109 Å². The molecule has 0 aromatic carbocycles. The van der Waals surface area contributed by atoms with Crippen LogP contribution in [0.4, 0.5) is 0 Å². The molecule has 7 atom stereocenters. The molecule has 1 aliphatic rings. The number of carbonyl (C=O) groups is 1. The Hall–Kier alpha value is -3.15. The fourth-order valence-electron chi connectivity index (χ4n) is 9.90. The van der Waals surface area contributed by atoms with Gasteiger partial charge in [-0.1, -0.05) is 284 Å². The Kier molecular flexibility index (Phi) is 55.2. The molecule has 460 valence electrons.